The van der Waals surface area contributed by atoms with Crippen LogP contribution in [0.2, 0.25) is 0 Å². The van der Waals surface area contributed by atoms with Crippen LogP contribution in [0.15, 0.2) is 12.1 Å². The lowest BCUT2D eigenvalue weighted by atomic mass is 9.61. The molecule has 160 valence electrons. The van der Waals surface area contributed by atoms with Crippen molar-refractivity contribution in [3.05, 3.63) is 23.4 Å². The first kappa shape index (κ1) is 20.6. The van der Waals surface area contributed by atoms with Crippen molar-refractivity contribution in [2.45, 2.75) is 38.6 Å². The second-order valence-electron chi connectivity index (χ2n) is 8.91. The number of nitrogens with zero attached hydrogens (tertiary/aromatic N) is 3. The highest BCUT2D eigenvalue weighted by atomic mass is 16.5. The normalized spacial score (nSPS) is 30.8. The van der Waals surface area contributed by atoms with Gasteiger partial charge in [-0.15, -0.1) is 0 Å². The molecule has 2 saturated heterocycles. The Kier molecular flexibility index (Phi) is 6.08. The summed E-state index contributed by atoms with van der Waals surface area (Å²) < 4.78 is 11.2. The van der Waals surface area contributed by atoms with Gasteiger partial charge in [0.15, 0.2) is 0 Å². The summed E-state index contributed by atoms with van der Waals surface area (Å²) in [5.74, 6) is 0.298. The minimum Gasteiger partial charge on any atom is -0.478 e. The Labute approximate surface area is 173 Å². The predicted molar refractivity (Wildman–Crippen MR) is 111 cm³/mol. The lowest BCUT2D eigenvalue weighted by Gasteiger charge is -2.54. The van der Waals surface area contributed by atoms with Gasteiger partial charge in [-0.05, 0) is 50.7 Å². The summed E-state index contributed by atoms with van der Waals surface area (Å²) in [5.41, 5.74) is 1.21. The summed E-state index contributed by atoms with van der Waals surface area (Å²) in [6, 6.07) is 4.09. The van der Waals surface area contributed by atoms with Crippen LogP contribution in [0.25, 0.3) is 0 Å². The molecule has 1 aromatic rings. The molecule has 3 aliphatic rings. The van der Waals surface area contributed by atoms with Gasteiger partial charge in [0.05, 0.1) is 19.8 Å². The van der Waals surface area contributed by atoms with Crippen molar-refractivity contribution >= 4 is 11.8 Å². The fourth-order valence-corrected chi connectivity index (χ4v) is 5.69. The van der Waals surface area contributed by atoms with Crippen molar-refractivity contribution in [2.75, 3.05) is 58.0 Å². The fraction of sp³-hybridized carbons (Fsp3) is 0.727. The molecule has 7 heteroatoms. The third kappa shape index (κ3) is 4.13. The average molecular weight is 404 g/mol. The molecule has 0 bridgehead atoms. The van der Waals surface area contributed by atoms with Crippen molar-refractivity contribution in [3.63, 3.8) is 0 Å². The van der Waals surface area contributed by atoms with E-state index in [4.69, 9.17) is 9.47 Å². The molecule has 0 spiro atoms. The largest absolute Gasteiger partial charge is 0.478 e. The van der Waals surface area contributed by atoms with Crippen LogP contribution in [-0.2, 0) is 9.47 Å². The summed E-state index contributed by atoms with van der Waals surface area (Å²) >= 11 is 0. The number of carbonyl (C=O) groups is 1. The topological polar surface area (TPSA) is 75.1 Å². The van der Waals surface area contributed by atoms with Crippen molar-refractivity contribution < 1.29 is 19.4 Å². The summed E-state index contributed by atoms with van der Waals surface area (Å²) in [7, 11) is 1.78. The van der Waals surface area contributed by atoms with E-state index in [9.17, 15) is 9.90 Å². The maximum Gasteiger partial charge on any atom is 0.339 e. The zero-order valence-corrected chi connectivity index (χ0v) is 17.6. The maximum atomic E-state index is 11.8. The van der Waals surface area contributed by atoms with Gasteiger partial charge in [-0.25, -0.2) is 9.78 Å². The van der Waals surface area contributed by atoms with Crippen LogP contribution in [0.5, 0.6) is 0 Å². The SMILES string of the molecule is COCC12CCC(N3CCOCC3)CC1CCN(c1nc(C)ccc1C(=O)O)C2. The number of carboxylic acids is 1. The Morgan fingerprint density at radius 1 is 1.31 bits per heavy atom. The Bertz CT molecular complexity index is 737. The molecule has 0 radical (unpaired) electrons. The highest BCUT2D eigenvalue weighted by Crippen LogP contribution is 2.48. The molecule has 1 N–H and O–H groups in total. The molecule has 4 rings (SSSR count). The Morgan fingerprint density at radius 2 is 2.10 bits per heavy atom. The number of fused-ring (bicyclic) bond motifs is 1. The minimum atomic E-state index is -0.911. The van der Waals surface area contributed by atoms with Gasteiger partial charge in [-0.3, -0.25) is 4.90 Å². The number of aromatic carboxylic acids is 1. The van der Waals surface area contributed by atoms with E-state index in [0.29, 0.717) is 23.3 Å². The first-order valence-electron chi connectivity index (χ1n) is 10.8. The van der Waals surface area contributed by atoms with Crippen molar-refractivity contribution in [1.82, 2.24) is 9.88 Å². The van der Waals surface area contributed by atoms with Gasteiger partial charge in [0.2, 0.25) is 0 Å². The molecule has 7 nitrogen and oxygen atoms in total. The van der Waals surface area contributed by atoms with Gasteiger partial charge in [-0.2, -0.15) is 0 Å². The van der Waals surface area contributed by atoms with Crippen LogP contribution in [-0.4, -0.2) is 80.1 Å². The van der Waals surface area contributed by atoms with E-state index >= 15 is 0 Å². The van der Waals surface area contributed by atoms with Crippen LogP contribution in [0, 0.1) is 18.3 Å². The van der Waals surface area contributed by atoms with Gasteiger partial charge in [0.1, 0.15) is 11.4 Å². The Balaban J connectivity index is 1.55. The first-order chi connectivity index (χ1) is 14.0. The van der Waals surface area contributed by atoms with E-state index < -0.39 is 5.97 Å². The highest BCUT2D eigenvalue weighted by Gasteiger charge is 2.48. The van der Waals surface area contributed by atoms with Gasteiger partial charge >= 0.3 is 5.97 Å². The third-order valence-electron chi connectivity index (χ3n) is 7.19. The molecule has 1 saturated carbocycles. The van der Waals surface area contributed by atoms with Crippen LogP contribution in [0.3, 0.4) is 0 Å². The number of aryl methyl sites for hydroxylation is 1. The molecule has 2 aliphatic heterocycles. The van der Waals surface area contributed by atoms with Crippen molar-refractivity contribution in [3.8, 4) is 0 Å². The predicted octanol–water partition coefficient (Wildman–Crippen LogP) is 2.43. The number of methoxy groups -OCH3 is 1. The molecule has 1 aromatic heterocycles. The monoisotopic (exact) mass is 403 g/mol. The number of morpholine rings is 1. The number of rotatable bonds is 5. The Morgan fingerprint density at radius 3 is 2.83 bits per heavy atom. The van der Waals surface area contributed by atoms with Crippen LogP contribution in [0.4, 0.5) is 5.82 Å². The summed E-state index contributed by atoms with van der Waals surface area (Å²) in [4.78, 5) is 21.2. The van der Waals surface area contributed by atoms with Crippen LogP contribution in [0.1, 0.15) is 41.7 Å². The van der Waals surface area contributed by atoms with E-state index in [2.05, 4.69) is 14.8 Å². The number of piperidine rings is 1. The molecule has 29 heavy (non-hydrogen) atoms. The summed E-state index contributed by atoms with van der Waals surface area (Å²) in [6.07, 6.45) is 4.53. The average Bonchev–Trinajstić information content (AvgIpc) is 2.73. The summed E-state index contributed by atoms with van der Waals surface area (Å²) in [6.45, 7) is 8.07. The molecule has 3 heterocycles. The standard InChI is InChI=1S/C22H33N3O4/c1-16-3-4-19(21(26)27)20(23-16)25-8-6-17-13-18(24-9-11-29-12-10-24)5-7-22(17,14-25)15-28-2/h3-4,17-18H,5-15H2,1-2H3,(H,26,27). The number of ether oxygens (including phenoxy) is 2. The summed E-state index contributed by atoms with van der Waals surface area (Å²) in [5, 5.41) is 9.66. The molecule has 1 aliphatic carbocycles. The number of anilines is 1. The number of carboxylic acid groups (broad SMARTS) is 1. The fourth-order valence-electron chi connectivity index (χ4n) is 5.69. The second kappa shape index (κ2) is 8.58. The van der Waals surface area contributed by atoms with E-state index in [-0.39, 0.29) is 5.41 Å². The first-order valence-corrected chi connectivity index (χ1v) is 10.8. The molecular weight excluding hydrogens is 370 g/mol. The number of aromatic nitrogens is 1. The third-order valence-corrected chi connectivity index (χ3v) is 7.19. The van der Waals surface area contributed by atoms with E-state index in [0.717, 1.165) is 64.5 Å². The number of hydrogen-bond donors (Lipinski definition) is 1. The molecule has 3 atom stereocenters. The maximum absolute atomic E-state index is 11.8. The van der Waals surface area contributed by atoms with Gasteiger partial charge in [-0.1, -0.05) is 0 Å². The second-order valence-corrected chi connectivity index (χ2v) is 8.91. The molecule has 3 fully saturated rings. The quantitative estimate of drug-likeness (QED) is 0.809. The van der Waals surface area contributed by atoms with Crippen molar-refractivity contribution in [1.29, 1.82) is 0 Å². The molecule has 3 unspecified atom stereocenters. The van der Waals surface area contributed by atoms with Gasteiger partial charge < -0.3 is 19.5 Å². The van der Waals surface area contributed by atoms with Gasteiger partial charge in [0, 0.05) is 50.4 Å². The van der Waals surface area contributed by atoms with E-state index in [1.165, 1.54) is 12.8 Å². The van der Waals surface area contributed by atoms with E-state index in [1.54, 1.807) is 19.2 Å². The molecular formula is C22H33N3O4. The smallest absolute Gasteiger partial charge is 0.339 e. The molecule has 0 amide bonds. The minimum absolute atomic E-state index is 0.0665. The lowest BCUT2D eigenvalue weighted by Crippen LogP contribution is -2.57. The van der Waals surface area contributed by atoms with Crippen molar-refractivity contribution in [2.24, 2.45) is 11.3 Å². The zero-order valence-electron chi connectivity index (χ0n) is 17.6. The van der Waals surface area contributed by atoms with Crippen LogP contribution >= 0.6 is 0 Å². The number of pyridine rings is 1. The lowest BCUT2D eigenvalue weighted by molar-refractivity contribution is -0.0540. The van der Waals surface area contributed by atoms with E-state index in [1.807, 2.05) is 6.92 Å². The highest BCUT2D eigenvalue weighted by molar-refractivity contribution is 5.93. The number of hydrogen-bond acceptors (Lipinski definition) is 6. The van der Waals surface area contributed by atoms with Crippen LogP contribution < -0.4 is 4.90 Å². The Hall–Kier alpha value is -1.70. The zero-order chi connectivity index (χ0) is 20.4. The van der Waals surface area contributed by atoms with Gasteiger partial charge in [0.25, 0.3) is 0 Å². The molecule has 0 aromatic carbocycles.